The number of methoxy groups -OCH3 is 1. The molecule has 2 N–H and O–H groups in total. The van der Waals surface area contributed by atoms with Crippen molar-refractivity contribution in [3.8, 4) is 11.5 Å². The van der Waals surface area contributed by atoms with Gasteiger partial charge in [0.15, 0.2) is 5.17 Å². The first-order chi connectivity index (χ1) is 18.8. The molecule has 0 aromatic heterocycles. The summed E-state index contributed by atoms with van der Waals surface area (Å²) in [5.74, 6) is 1.68. The van der Waals surface area contributed by atoms with Gasteiger partial charge in [0.05, 0.1) is 19.0 Å². The lowest BCUT2D eigenvalue weighted by Crippen LogP contribution is -2.33. The molecule has 0 radical (unpaired) electrons. The van der Waals surface area contributed by atoms with Crippen LogP contribution in [0.1, 0.15) is 17.5 Å². The zero-order valence-corrected chi connectivity index (χ0v) is 21.7. The molecule has 1 heterocycles. The van der Waals surface area contributed by atoms with Crippen molar-refractivity contribution < 1.29 is 22.6 Å². The number of anilines is 1. The highest BCUT2D eigenvalue weighted by atomic mass is 32.2. The number of hydrogen-bond acceptors (Lipinski definition) is 6. The lowest BCUT2D eigenvalue weighted by atomic mass is 10.1. The van der Waals surface area contributed by atoms with Gasteiger partial charge < -0.3 is 20.1 Å². The average molecular weight is 555 g/mol. The predicted molar refractivity (Wildman–Crippen MR) is 151 cm³/mol. The molecule has 39 heavy (non-hydrogen) atoms. The summed E-state index contributed by atoms with van der Waals surface area (Å²) in [6.07, 6.45) is -0.792. The van der Waals surface area contributed by atoms with Crippen LogP contribution in [-0.4, -0.2) is 49.3 Å². The molecule has 8 nitrogen and oxygen atoms in total. The Morgan fingerprint density at radius 1 is 0.974 bits per heavy atom. The van der Waals surface area contributed by atoms with Gasteiger partial charge in [-0.05, 0) is 60.5 Å². The quantitative estimate of drug-likeness (QED) is 0.210. The number of halogens is 3. The second-order valence-electron chi connectivity index (χ2n) is 8.10. The summed E-state index contributed by atoms with van der Waals surface area (Å²) < 4.78 is 45.8. The van der Waals surface area contributed by atoms with Crippen LogP contribution in [-0.2, 0) is 0 Å². The van der Waals surface area contributed by atoms with Gasteiger partial charge in [-0.2, -0.15) is 5.10 Å². The van der Waals surface area contributed by atoms with Crippen molar-refractivity contribution in [1.82, 2.24) is 0 Å². The van der Waals surface area contributed by atoms with Crippen molar-refractivity contribution in [2.45, 2.75) is 12.8 Å². The molecule has 1 saturated heterocycles. The molecule has 0 spiro atoms. The Kier molecular flexibility index (Phi) is 9.21. The molecular formula is C27H25F3N6O2S. The van der Waals surface area contributed by atoms with Crippen molar-refractivity contribution in [3.63, 3.8) is 0 Å². The topological polar surface area (TPSA) is 97.2 Å². The van der Waals surface area contributed by atoms with Gasteiger partial charge in [-0.1, -0.05) is 36.0 Å². The van der Waals surface area contributed by atoms with Gasteiger partial charge in [0.25, 0.3) is 0 Å². The number of benzene rings is 3. The lowest BCUT2D eigenvalue weighted by Gasteiger charge is -2.28. The maximum atomic E-state index is 12.2. The Morgan fingerprint density at radius 3 is 2.33 bits per heavy atom. The van der Waals surface area contributed by atoms with E-state index in [0.717, 1.165) is 40.9 Å². The Hall–Kier alpha value is -4.32. The zero-order chi connectivity index (χ0) is 27.7. The summed E-state index contributed by atoms with van der Waals surface area (Å²) in [4.78, 5) is 10.3. The van der Waals surface area contributed by atoms with E-state index in [1.165, 1.54) is 30.6 Å². The van der Waals surface area contributed by atoms with E-state index in [-0.39, 0.29) is 11.6 Å². The lowest BCUT2D eigenvalue weighted by molar-refractivity contribution is -0.274. The summed E-state index contributed by atoms with van der Waals surface area (Å²) in [6, 6.07) is 20.2. The first-order valence-electron chi connectivity index (χ1n) is 11.8. The molecule has 202 valence electrons. The van der Waals surface area contributed by atoms with Gasteiger partial charge in [0, 0.05) is 23.5 Å². The van der Waals surface area contributed by atoms with Crippen LogP contribution in [0.5, 0.6) is 11.5 Å². The summed E-state index contributed by atoms with van der Waals surface area (Å²) in [6.45, 7) is 0.863. The third kappa shape index (κ3) is 8.34. The molecule has 12 heteroatoms. The van der Waals surface area contributed by atoms with Crippen molar-refractivity contribution in [2.75, 3.05) is 24.3 Å². The summed E-state index contributed by atoms with van der Waals surface area (Å²) in [5.41, 5.74) is 8.97. The van der Waals surface area contributed by atoms with Gasteiger partial charge in [-0.15, -0.1) is 18.3 Å². The molecular weight excluding hydrogens is 529 g/mol. The Labute approximate surface area is 227 Å². The molecule has 0 atom stereocenters. The minimum atomic E-state index is -4.74. The highest BCUT2D eigenvalue weighted by molar-refractivity contribution is 8.14. The first-order valence-corrected chi connectivity index (χ1v) is 12.8. The average Bonchev–Trinajstić information content (AvgIpc) is 2.94. The summed E-state index contributed by atoms with van der Waals surface area (Å²) in [5, 5.41) is 9.55. The van der Waals surface area contributed by atoms with Gasteiger partial charge in [0.2, 0.25) is 0 Å². The number of alkyl halides is 3. The smallest absolute Gasteiger partial charge is 0.497 e. The zero-order valence-electron chi connectivity index (χ0n) is 20.9. The number of nitrogens with two attached hydrogens (primary N) is 1. The minimum Gasteiger partial charge on any atom is -0.497 e. The molecule has 0 saturated carbocycles. The SMILES string of the molecule is COc1ccc(N2CCCS/C2=N/N=C\c2ccc(C(N)=NC=Nc3ccc(OC(F)(F)F)cc3)cc2)cc1. The number of amidine groups is 2. The van der Waals surface area contributed by atoms with E-state index in [1.807, 2.05) is 36.4 Å². The van der Waals surface area contributed by atoms with E-state index >= 15 is 0 Å². The van der Waals surface area contributed by atoms with Gasteiger partial charge >= 0.3 is 6.36 Å². The van der Waals surface area contributed by atoms with E-state index in [2.05, 4.69) is 29.8 Å². The van der Waals surface area contributed by atoms with Crippen molar-refractivity contribution >= 4 is 46.7 Å². The second kappa shape index (κ2) is 13.0. The molecule has 0 amide bonds. The Bertz CT molecular complexity index is 1360. The second-order valence-corrected chi connectivity index (χ2v) is 9.16. The fourth-order valence-corrected chi connectivity index (χ4v) is 4.41. The van der Waals surface area contributed by atoms with Crippen molar-refractivity contribution in [2.24, 2.45) is 25.9 Å². The first kappa shape index (κ1) is 27.7. The fourth-order valence-electron chi connectivity index (χ4n) is 3.50. The highest BCUT2D eigenvalue weighted by Crippen LogP contribution is 2.27. The van der Waals surface area contributed by atoms with Crippen molar-refractivity contribution in [3.05, 3.63) is 83.9 Å². The fraction of sp³-hybridized carbons (Fsp3) is 0.185. The number of hydrogen-bond donors (Lipinski definition) is 1. The number of ether oxygens (including phenoxy) is 2. The largest absolute Gasteiger partial charge is 0.573 e. The third-order valence-electron chi connectivity index (χ3n) is 5.40. The molecule has 1 fully saturated rings. The highest BCUT2D eigenvalue weighted by Gasteiger charge is 2.30. The van der Waals surface area contributed by atoms with E-state index in [0.29, 0.717) is 11.3 Å². The van der Waals surface area contributed by atoms with Gasteiger partial charge in [-0.25, -0.2) is 9.98 Å². The van der Waals surface area contributed by atoms with Crippen LogP contribution in [0.2, 0.25) is 0 Å². The van der Waals surface area contributed by atoms with Crippen LogP contribution in [0.25, 0.3) is 0 Å². The van der Waals surface area contributed by atoms with Crippen molar-refractivity contribution in [1.29, 1.82) is 0 Å². The molecule has 0 bridgehead atoms. The van der Waals surface area contributed by atoms with E-state index < -0.39 is 6.36 Å². The molecule has 3 aromatic carbocycles. The summed E-state index contributed by atoms with van der Waals surface area (Å²) >= 11 is 1.66. The monoisotopic (exact) mass is 554 g/mol. The van der Waals surface area contributed by atoms with Crippen LogP contribution in [0.15, 0.2) is 93.0 Å². The summed E-state index contributed by atoms with van der Waals surface area (Å²) in [7, 11) is 1.64. The van der Waals surface area contributed by atoms with Crippen LogP contribution >= 0.6 is 11.8 Å². The van der Waals surface area contributed by atoms with E-state index in [9.17, 15) is 13.2 Å². The number of aliphatic imine (C=N–C) groups is 2. The third-order valence-corrected chi connectivity index (χ3v) is 6.46. The van der Waals surface area contributed by atoms with E-state index in [1.54, 1.807) is 37.2 Å². The molecule has 3 aromatic rings. The molecule has 4 rings (SSSR count). The predicted octanol–water partition coefficient (Wildman–Crippen LogP) is 5.99. The molecule has 1 aliphatic heterocycles. The van der Waals surface area contributed by atoms with Crippen LogP contribution in [0.3, 0.4) is 0 Å². The maximum absolute atomic E-state index is 12.2. The minimum absolute atomic E-state index is 0.230. The molecule has 0 unspecified atom stereocenters. The van der Waals surface area contributed by atoms with E-state index in [4.69, 9.17) is 10.5 Å². The number of nitrogens with zero attached hydrogens (tertiary/aromatic N) is 5. The number of rotatable bonds is 8. The maximum Gasteiger partial charge on any atom is 0.573 e. The number of thioether (sulfide) groups is 1. The van der Waals surface area contributed by atoms with Gasteiger partial charge in [-0.3, -0.25) is 0 Å². The molecule has 0 aliphatic carbocycles. The van der Waals surface area contributed by atoms with Gasteiger partial charge in [0.1, 0.15) is 23.7 Å². The normalized spacial score (nSPS) is 15.8. The Morgan fingerprint density at radius 2 is 1.67 bits per heavy atom. The van der Waals surface area contributed by atoms with Crippen LogP contribution < -0.4 is 20.1 Å². The Balaban J connectivity index is 1.36. The van der Waals surface area contributed by atoms with Crippen LogP contribution in [0, 0.1) is 0 Å². The van der Waals surface area contributed by atoms with Crippen LogP contribution in [0.4, 0.5) is 24.5 Å². The standard InChI is InChI=1S/C27H25F3N6O2S/c1-37-23-13-9-22(10-14-23)36-15-2-16-39-26(36)35-34-17-19-3-5-20(6-4-19)25(31)33-18-32-21-7-11-24(12-8-21)38-27(28,29)30/h3-14,17-18H,2,15-16H2,1H3,(H2,31,32,33)/b34-17-,35-26+. The molecule has 1 aliphatic rings.